The van der Waals surface area contributed by atoms with Crippen molar-refractivity contribution in [1.82, 2.24) is 9.55 Å². The zero-order valence-corrected chi connectivity index (χ0v) is 7.76. The molecule has 2 heteroatoms. The highest BCUT2D eigenvalue weighted by Gasteiger charge is 2.21. The highest BCUT2D eigenvalue weighted by atomic mass is 15.0. The summed E-state index contributed by atoms with van der Waals surface area (Å²) in [7, 11) is 2.04. The third-order valence-electron chi connectivity index (χ3n) is 2.31. The zero-order chi connectivity index (χ0) is 8.48. The van der Waals surface area contributed by atoms with Crippen LogP contribution in [-0.4, -0.2) is 9.55 Å². The van der Waals surface area contributed by atoms with Crippen molar-refractivity contribution in [3.63, 3.8) is 0 Å². The molecule has 0 fully saturated rings. The van der Waals surface area contributed by atoms with Crippen LogP contribution in [0.2, 0.25) is 0 Å². The third-order valence-corrected chi connectivity index (χ3v) is 2.31. The fraction of sp³-hybridized carbons (Fsp3) is 0.667. The van der Waals surface area contributed by atoms with E-state index < -0.39 is 0 Å². The molecule has 0 radical (unpaired) electrons. The maximum Gasteiger partial charge on any atom is 0.114 e. The van der Waals surface area contributed by atoms with Gasteiger partial charge in [0.15, 0.2) is 0 Å². The first kappa shape index (κ1) is 8.31. The van der Waals surface area contributed by atoms with Crippen molar-refractivity contribution in [2.45, 2.75) is 32.6 Å². The summed E-state index contributed by atoms with van der Waals surface area (Å²) in [6, 6.07) is 0. The van der Waals surface area contributed by atoms with Gasteiger partial charge in [-0.3, -0.25) is 0 Å². The maximum absolute atomic E-state index is 4.32. The van der Waals surface area contributed by atoms with Crippen molar-refractivity contribution < 1.29 is 0 Å². The minimum Gasteiger partial charge on any atom is -0.338 e. The second kappa shape index (κ2) is 2.68. The summed E-state index contributed by atoms with van der Waals surface area (Å²) in [5, 5.41) is 0. The van der Waals surface area contributed by atoms with E-state index in [2.05, 4.69) is 30.3 Å². The van der Waals surface area contributed by atoms with Crippen molar-refractivity contribution in [1.29, 1.82) is 0 Å². The van der Waals surface area contributed by atoms with Crippen LogP contribution in [0, 0.1) is 0 Å². The van der Waals surface area contributed by atoms with E-state index in [1.54, 1.807) is 0 Å². The van der Waals surface area contributed by atoms with E-state index in [1.165, 1.54) is 5.82 Å². The Balaban J connectivity index is 3.00. The van der Waals surface area contributed by atoms with Crippen LogP contribution in [0.15, 0.2) is 12.4 Å². The molecule has 0 amide bonds. The molecular formula is C9H16N2. The topological polar surface area (TPSA) is 17.8 Å². The van der Waals surface area contributed by atoms with E-state index in [4.69, 9.17) is 0 Å². The molecule has 0 spiro atoms. The lowest BCUT2D eigenvalue weighted by Gasteiger charge is -2.21. The smallest absolute Gasteiger partial charge is 0.114 e. The fourth-order valence-electron chi connectivity index (χ4n) is 1.18. The summed E-state index contributed by atoms with van der Waals surface area (Å²) in [5.41, 5.74) is 0.207. The summed E-state index contributed by atoms with van der Waals surface area (Å²) < 4.78 is 2.09. The number of hydrogen-bond donors (Lipinski definition) is 0. The Morgan fingerprint density at radius 3 is 2.55 bits per heavy atom. The molecule has 62 valence electrons. The normalized spacial score (nSPS) is 12.0. The molecule has 11 heavy (non-hydrogen) atoms. The van der Waals surface area contributed by atoms with Gasteiger partial charge in [0.05, 0.1) is 0 Å². The average Bonchev–Trinajstić information content (AvgIpc) is 2.36. The van der Waals surface area contributed by atoms with Gasteiger partial charge < -0.3 is 4.57 Å². The Labute approximate surface area is 68.3 Å². The minimum absolute atomic E-state index is 0.207. The van der Waals surface area contributed by atoms with E-state index in [9.17, 15) is 0 Å². The Kier molecular flexibility index (Phi) is 2.03. The number of hydrogen-bond acceptors (Lipinski definition) is 1. The van der Waals surface area contributed by atoms with Gasteiger partial charge in [-0.15, -0.1) is 0 Å². The fourth-order valence-corrected chi connectivity index (χ4v) is 1.18. The molecule has 1 rings (SSSR count). The Hall–Kier alpha value is -0.790. The average molecular weight is 152 g/mol. The summed E-state index contributed by atoms with van der Waals surface area (Å²) in [6.45, 7) is 6.62. The van der Waals surface area contributed by atoms with E-state index in [-0.39, 0.29) is 5.41 Å². The maximum atomic E-state index is 4.32. The van der Waals surface area contributed by atoms with Gasteiger partial charge in [0, 0.05) is 24.9 Å². The van der Waals surface area contributed by atoms with Crippen LogP contribution in [0.4, 0.5) is 0 Å². The second-order valence-electron chi connectivity index (χ2n) is 3.60. The lowest BCUT2D eigenvalue weighted by atomic mass is 9.89. The number of rotatable bonds is 2. The molecular weight excluding hydrogens is 136 g/mol. The van der Waals surface area contributed by atoms with E-state index in [0.29, 0.717) is 0 Å². The summed E-state index contributed by atoms with van der Waals surface area (Å²) >= 11 is 0. The molecule has 0 N–H and O–H groups in total. The first-order valence-corrected chi connectivity index (χ1v) is 4.05. The summed E-state index contributed by atoms with van der Waals surface area (Å²) in [6.07, 6.45) is 4.97. The first-order valence-electron chi connectivity index (χ1n) is 4.05. The quantitative estimate of drug-likeness (QED) is 0.634. The van der Waals surface area contributed by atoms with Crippen molar-refractivity contribution in [2.24, 2.45) is 7.05 Å². The van der Waals surface area contributed by atoms with Crippen LogP contribution >= 0.6 is 0 Å². The van der Waals surface area contributed by atoms with E-state index in [0.717, 1.165) is 6.42 Å². The predicted molar refractivity (Wildman–Crippen MR) is 46.5 cm³/mol. The van der Waals surface area contributed by atoms with Gasteiger partial charge in [0.2, 0.25) is 0 Å². The van der Waals surface area contributed by atoms with Crippen molar-refractivity contribution in [3.8, 4) is 0 Å². The Bertz CT molecular complexity index is 235. The largest absolute Gasteiger partial charge is 0.338 e. The standard InChI is InChI=1S/C9H16N2/c1-5-9(2,3)8-10-6-7-11(8)4/h6-7H,5H2,1-4H3. The molecule has 1 aromatic heterocycles. The predicted octanol–water partition coefficient (Wildman–Crippen LogP) is 2.11. The third kappa shape index (κ3) is 1.44. The van der Waals surface area contributed by atoms with Gasteiger partial charge in [0.25, 0.3) is 0 Å². The second-order valence-corrected chi connectivity index (χ2v) is 3.60. The van der Waals surface area contributed by atoms with Crippen LogP contribution in [0.1, 0.15) is 33.0 Å². The SMILES string of the molecule is CCC(C)(C)c1nccn1C. The van der Waals surface area contributed by atoms with Gasteiger partial charge in [-0.05, 0) is 6.42 Å². The first-order chi connectivity index (χ1) is 5.08. The van der Waals surface area contributed by atoms with Crippen LogP contribution in [0.25, 0.3) is 0 Å². The van der Waals surface area contributed by atoms with Gasteiger partial charge >= 0.3 is 0 Å². The molecule has 0 atom stereocenters. The molecule has 0 saturated carbocycles. The molecule has 0 unspecified atom stereocenters. The van der Waals surface area contributed by atoms with Crippen LogP contribution in [-0.2, 0) is 12.5 Å². The molecule has 0 aliphatic carbocycles. The highest BCUT2D eigenvalue weighted by Crippen LogP contribution is 2.23. The molecule has 0 bridgehead atoms. The lowest BCUT2D eigenvalue weighted by Crippen LogP contribution is -2.20. The van der Waals surface area contributed by atoms with Gasteiger partial charge in [-0.2, -0.15) is 0 Å². The number of imidazole rings is 1. The van der Waals surface area contributed by atoms with Crippen molar-refractivity contribution in [2.75, 3.05) is 0 Å². The Morgan fingerprint density at radius 2 is 2.18 bits per heavy atom. The van der Waals surface area contributed by atoms with Crippen LogP contribution < -0.4 is 0 Å². The highest BCUT2D eigenvalue weighted by molar-refractivity contribution is 5.05. The molecule has 0 aliphatic heterocycles. The molecule has 2 nitrogen and oxygen atoms in total. The van der Waals surface area contributed by atoms with Gasteiger partial charge in [0.1, 0.15) is 5.82 Å². The molecule has 1 aromatic rings. The molecule has 1 heterocycles. The van der Waals surface area contributed by atoms with Crippen molar-refractivity contribution in [3.05, 3.63) is 18.2 Å². The van der Waals surface area contributed by atoms with Gasteiger partial charge in [-0.1, -0.05) is 20.8 Å². The van der Waals surface area contributed by atoms with E-state index in [1.807, 2.05) is 19.4 Å². The number of aryl methyl sites for hydroxylation is 1. The lowest BCUT2D eigenvalue weighted by molar-refractivity contribution is 0.457. The van der Waals surface area contributed by atoms with Gasteiger partial charge in [-0.25, -0.2) is 4.98 Å². The monoisotopic (exact) mass is 152 g/mol. The minimum atomic E-state index is 0.207. The molecule has 0 aliphatic rings. The van der Waals surface area contributed by atoms with Crippen molar-refractivity contribution >= 4 is 0 Å². The van der Waals surface area contributed by atoms with Crippen LogP contribution in [0.5, 0.6) is 0 Å². The Morgan fingerprint density at radius 1 is 1.55 bits per heavy atom. The molecule has 0 aromatic carbocycles. The van der Waals surface area contributed by atoms with Crippen LogP contribution in [0.3, 0.4) is 0 Å². The summed E-state index contributed by atoms with van der Waals surface area (Å²) in [4.78, 5) is 4.32. The number of aromatic nitrogens is 2. The molecule has 0 saturated heterocycles. The zero-order valence-electron chi connectivity index (χ0n) is 7.76. The van der Waals surface area contributed by atoms with E-state index >= 15 is 0 Å². The summed E-state index contributed by atoms with van der Waals surface area (Å²) in [5.74, 6) is 1.17. The number of nitrogens with zero attached hydrogens (tertiary/aromatic N) is 2.